The Labute approximate surface area is 136 Å². The molecule has 0 spiro atoms. The van der Waals surface area contributed by atoms with Crippen LogP contribution in [-0.4, -0.2) is 24.5 Å². The van der Waals surface area contributed by atoms with Gasteiger partial charge in [0, 0.05) is 6.04 Å². The summed E-state index contributed by atoms with van der Waals surface area (Å²) in [6, 6.07) is 5.80. The molecule has 1 amide bonds. The molecule has 1 aliphatic rings. The fraction of sp³-hybridized carbons (Fsp3) is 0.556. The quantitative estimate of drug-likeness (QED) is 0.849. The van der Waals surface area contributed by atoms with Gasteiger partial charge in [-0.3, -0.25) is 9.59 Å². The van der Waals surface area contributed by atoms with Crippen molar-refractivity contribution in [2.45, 2.75) is 45.6 Å². The molecule has 3 atom stereocenters. The van der Waals surface area contributed by atoms with Crippen LogP contribution in [0, 0.1) is 17.7 Å². The monoisotopic (exact) mass is 321 g/mol. The molecule has 23 heavy (non-hydrogen) atoms. The molecule has 4 nitrogen and oxygen atoms in total. The van der Waals surface area contributed by atoms with Gasteiger partial charge in [-0.1, -0.05) is 38.8 Å². The number of hydrogen-bond acceptors (Lipinski definition) is 3. The molecule has 1 N–H and O–H groups in total. The lowest BCUT2D eigenvalue weighted by molar-refractivity contribution is -0.148. The Morgan fingerprint density at radius 1 is 1.22 bits per heavy atom. The summed E-state index contributed by atoms with van der Waals surface area (Å²) in [5, 5.41) is 2.96. The third-order valence-electron chi connectivity index (χ3n) is 4.68. The van der Waals surface area contributed by atoms with Gasteiger partial charge in [0.15, 0.2) is 6.61 Å². The third kappa shape index (κ3) is 5.34. The van der Waals surface area contributed by atoms with E-state index in [9.17, 15) is 14.0 Å². The highest BCUT2D eigenvalue weighted by molar-refractivity contribution is 5.81. The zero-order valence-electron chi connectivity index (χ0n) is 13.7. The molecule has 1 fully saturated rings. The van der Waals surface area contributed by atoms with E-state index < -0.39 is 5.97 Å². The Morgan fingerprint density at radius 2 is 1.91 bits per heavy atom. The molecule has 0 aliphatic heterocycles. The molecule has 0 saturated heterocycles. The minimum Gasteiger partial charge on any atom is -0.455 e. The van der Waals surface area contributed by atoms with Crippen LogP contribution in [-0.2, 0) is 20.7 Å². The predicted octanol–water partition coefficient (Wildman–Crippen LogP) is 2.85. The molecule has 0 radical (unpaired) electrons. The van der Waals surface area contributed by atoms with Crippen molar-refractivity contribution in [2.24, 2.45) is 11.8 Å². The maximum absolute atomic E-state index is 12.8. The molecule has 1 aromatic carbocycles. The Morgan fingerprint density at radius 3 is 2.61 bits per heavy atom. The Bertz CT molecular complexity index is 544. The van der Waals surface area contributed by atoms with E-state index in [1.807, 2.05) is 0 Å². The lowest BCUT2D eigenvalue weighted by atomic mass is 9.78. The van der Waals surface area contributed by atoms with Gasteiger partial charge in [-0.2, -0.15) is 0 Å². The molecular weight excluding hydrogens is 297 g/mol. The van der Waals surface area contributed by atoms with E-state index in [4.69, 9.17) is 4.74 Å². The van der Waals surface area contributed by atoms with E-state index in [0.717, 1.165) is 12.8 Å². The summed E-state index contributed by atoms with van der Waals surface area (Å²) in [6.45, 7) is 4.08. The van der Waals surface area contributed by atoms with Crippen molar-refractivity contribution in [3.8, 4) is 0 Å². The molecule has 5 heteroatoms. The van der Waals surface area contributed by atoms with Gasteiger partial charge in [0.2, 0.25) is 0 Å². The van der Waals surface area contributed by atoms with Crippen molar-refractivity contribution < 1.29 is 18.7 Å². The molecular formula is C18H24FNO3. The summed E-state index contributed by atoms with van der Waals surface area (Å²) in [4.78, 5) is 23.6. The normalized spacial score (nSPS) is 24.0. The average Bonchev–Trinajstić information content (AvgIpc) is 2.52. The van der Waals surface area contributed by atoms with E-state index in [1.54, 1.807) is 0 Å². The van der Waals surface area contributed by atoms with Gasteiger partial charge in [0.1, 0.15) is 5.82 Å². The molecule has 0 unspecified atom stereocenters. The number of nitrogens with one attached hydrogen (secondary N) is 1. The first kappa shape index (κ1) is 17.4. The Kier molecular flexibility index (Phi) is 6.13. The topological polar surface area (TPSA) is 55.4 Å². The third-order valence-corrected chi connectivity index (χ3v) is 4.68. The van der Waals surface area contributed by atoms with E-state index >= 15 is 0 Å². The number of amides is 1. The van der Waals surface area contributed by atoms with Crippen LogP contribution in [0.4, 0.5) is 4.39 Å². The summed E-state index contributed by atoms with van der Waals surface area (Å²) in [5.74, 6) is -0.0738. The minimum absolute atomic E-state index is 0.0322. The van der Waals surface area contributed by atoms with Crippen LogP contribution in [0.5, 0.6) is 0 Å². The molecule has 1 saturated carbocycles. The number of carbonyl (C=O) groups excluding carboxylic acids is 2. The molecule has 126 valence electrons. The number of halogens is 1. The van der Waals surface area contributed by atoms with Gasteiger partial charge in [-0.05, 0) is 36.0 Å². The van der Waals surface area contributed by atoms with Gasteiger partial charge in [0.25, 0.3) is 5.91 Å². The van der Waals surface area contributed by atoms with Crippen molar-refractivity contribution in [2.75, 3.05) is 6.61 Å². The van der Waals surface area contributed by atoms with Crippen molar-refractivity contribution in [3.63, 3.8) is 0 Å². The predicted molar refractivity (Wildman–Crippen MR) is 85.2 cm³/mol. The number of ether oxygens (including phenoxy) is 1. The average molecular weight is 321 g/mol. The molecule has 1 aliphatic carbocycles. The minimum atomic E-state index is -0.489. The second-order valence-corrected chi connectivity index (χ2v) is 6.41. The second-order valence-electron chi connectivity index (χ2n) is 6.41. The fourth-order valence-corrected chi connectivity index (χ4v) is 3.00. The van der Waals surface area contributed by atoms with Gasteiger partial charge in [0.05, 0.1) is 6.42 Å². The smallest absolute Gasteiger partial charge is 0.310 e. The summed E-state index contributed by atoms with van der Waals surface area (Å²) in [6.07, 6.45) is 3.31. The summed E-state index contributed by atoms with van der Waals surface area (Å²) < 4.78 is 17.8. The van der Waals surface area contributed by atoms with Gasteiger partial charge < -0.3 is 10.1 Å². The van der Waals surface area contributed by atoms with E-state index in [0.29, 0.717) is 17.4 Å². The highest BCUT2D eigenvalue weighted by Gasteiger charge is 2.28. The number of hydrogen-bond donors (Lipinski definition) is 1. The van der Waals surface area contributed by atoms with Crippen LogP contribution in [0.2, 0.25) is 0 Å². The zero-order valence-corrected chi connectivity index (χ0v) is 13.7. The maximum Gasteiger partial charge on any atom is 0.310 e. The van der Waals surface area contributed by atoms with Gasteiger partial charge in [-0.15, -0.1) is 0 Å². The molecule has 0 aromatic heterocycles. The molecule has 0 bridgehead atoms. The van der Waals surface area contributed by atoms with Crippen LogP contribution in [0.1, 0.15) is 38.7 Å². The van der Waals surface area contributed by atoms with Crippen LogP contribution >= 0.6 is 0 Å². The first-order valence-corrected chi connectivity index (χ1v) is 8.15. The summed E-state index contributed by atoms with van der Waals surface area (Å²) in [7, 11) is 0. The van der Waals surface area contributed by atoms with Crippen LogP contribution in [0.15, 0.2) is 24.3 Å². The fourth-order valence-electron chi connectivity index (χ4n) is 3.00. The zero-order chi connectivity index (χ0) is 16.8. The van der Waals surface area contributed by atoms with E-state index in [-0.39, 0.29) is 30.8 Å². The van der Waals surface area contributed by atoms with E-state index in [1.165, 1.54) is 30.7 Å². The standard InChI is InChI=1S/C18H24FNO3/c1-12-4-3-5-16(13(12)2)20-17(21)11-23-18(22)10-14-6-8-15(19)9-7-14/h6-9,12-13,16H,3-5,10-11H2,1-2H3,(H,20,21)/t12-,13-,16+/m1/s1. The highest BCUT2D eigenvalue weighted by atomic mass is 19.1. The second kappa shape index (κ2) is 8.09. The lowest BCUT2D eigenvalue weighted by Crippen LogP contribution is -2.45. The largest absolute Gasteiger partial charge is 0.455 e. The van der Waals surface area contributed by atoms with Crippen LogP contribution < -0.4 is 5.32 Å². The van der Waals surface area contributed by atoms with Crippen molar-refractivity contribution in [1.29, 1.82) is 0 Å². The summed E-state index contributed by atoms with van der Waals surface area (Å²) in [5.41, 5.74) is 0.659. The highest BCUT2D eigenvalue weighted by Crippen LogP contribution is 2.29. The molecule has 0 heterocycles. The van der Waals surface area contributed by atoms with Crippen LogP contribution in [0.25, 0.3) is 0 Å². The van der Waals surface area contributed by atoms with E-state index in [2.05, 4.69) is 19.2 Å². The SMILES string of the molecule is C[C@@H]1[C@H](C)CCC[C@@H]1NC(=O)COC(=O)Cc1ccc(F)cc1. The first-order chi connectivity index (χ1) is 11.0. The Balaban J connectivity index is 1.73. The molecule has 1 aromatic rings. The van der Waals surface area contributed by atoms with Crippen molar-refractivity contribution >= 4 is 11.9 Å². The van der Waals surface area contributed by atoms with Crippen molar-refractivity contribution in [1.82, 2.24) is 5.32 Å². The summed E-state index contributed by atoms with van der Waals surface area (Å²) >= 11 is 0. The van der Waals surface area contributed by atoms with Crippen molar-refractivity contribution in [3.05, 3.63) is 35.6 Å². The first-order valence-electron chi connectivity index (χ1n) is 8.15. The van der Waals surface area contributed by atoms with Gasteiger partial charge >= 0.3 is 5.97 Å². The number of esters is 1. The van der Waals surface area contributed by atoms with Crippen LogP contribution in [0.3, 0.4) is 0 Å². The maximum atomic E-state index is 12.8. The number of carbonyl (C=O) groups is 2. The lowest BCUT2D eigenvalue weighted by Gasteiger charge is -2.34. The Hall–Kier alpha value is -1.91. The van der Waals surface area contributed by atoms with Gasteiger partial charge in [-0.25, -0.2) is 4.39 Å². The number of benzene rings is 1. The molecule has 2 rings (SSSR count). The number of rotatable bonds is 5.